The number of hydrazine groups is 1. The molecule has 0 unspecified atom stereocenters. The van der Waals surface area contributed by atoms with Crippen LogP contribution in [0.5, 0.6) is 0 Å². The molecule has 0 aromatic heterocycles. The van der Waals surface area contributed by atoms with Crippen molar-refractivity contribution >= 4 is 40.2 Å². The SMILES string of the molecule is N#CCN(C(=O)NCc1ccc(F)cc1)N1CC(=O)N2[C@@H](Cc3ccc(NC(=O)c4ccccc4)cc3)C(=O)N(Cc3cccc4ccccc34)C[C@@H]21. The highest BCUT2D eigenvalue weighted by Gasteiger charge is 2.52. The molecule has 12 heteroatoms. The number of carbonyl (C=O) groups excluding carboxylic acids is 4. The van der Waals surface area contributed by atoms with Crippen molar-refractivity contribution in [1.82, 2.24) is 25.1 Å². The van der Waals surface area contributed by atoms with Crippen LogP contribution in [-0.2, 0) is 29.1 Å². The molecule has 2 N–H and O–H groups in total. The van der Waals surface area contributed by atoms with E-state index in [0.717, 1.165) is 21.9 Å². The summed E-state index contributed by atoms with van der Waals surface area (Å²) >= 11 is 0. The van der Waals surface area contributed by atoms with Crippen molar-refractivity contribution in [3.8, 4) is 6.07 Å². The number of benzene rings is 5. The van der Waals surface area contributed by atoms with Crippen LogP contribution >= 0.6 is 0 Å². The van der Waals surface area contributed by atoms with Gasteiger partial charge in [0, 0.05) is 30.8 Å². The van der Waals surface area contributed by atoms with Crippen molar-refractivity contribution in [2.24, 2.45) is 0 Å². The van der Waals surface area contributed by atoms with Gasteiger partial charge in [-0.2, -0.15) is 10.3 Å². The van der Waals surface area contributed by atoms with Crippen LogP contribution in [0.4, 0.5) is 14.9 Å². The summed E-state index contributed by atoms with van der Waals surface area (Å²) in [6, 6.07) is 36.1. The number of rotatable bonds is 10. The van der Waals surface area contributed by atoms with Crippen molar-refractivity contribution in [3.05, 3.63) is 149 Å². The smallest absolute Gasteiger partial charge is 0.333 e. The minimum atomic E-state index is -0.905. The number of nitrogens with one attached hydrogen (secondary N) is 2. The van der Waals surface area contributed by atoms with Gasteiger partial charge in [0.25, 0.3) is 5.91 Å². The average molecular weight is 710 g/mol. The Hall–Kier alpha value is -6.58. The van der Waals surface area contributed by atoms with Crippen LogP contribution in [0.1, 0.15) is 27.0 Å². The molecular weight excluding hydrogens is 673 g/mol. The van der Waals surface area contributed by atoms with Gasteiger partial charge in [-0.05, 0) is 63.9 Å². The fourth-order valence-corrected chi connectivity index (χ4v) is 6.98. The van der Waals surface area contributed by atoms with E-state index in [1.165, 1.54) is 22.0 Å². The predicted octanol–water partition coefficient (Wildman–Crippen LogP) is 5.31. The molecule has 5 aromatic carbocycles. The Balaban J connectivity index is 1.16. The number of hydrogen-bond donors (Lipinski definition) is 2. The van der Waals surface area contributed by atoms with Gasteiger partial charge in [-0.1, -0.05) is 84.9 Å². The number of nitriles is 1. The molecule has 2 atom stereocenters. The molecule has 0 saturated carbocycles. The van der Waals surface area contributed by atoms with E-state index in [1.807, 2.05) is 66.7 Å². The van der Waals surface area contributed by atoms with Gasteiger partial charge in [0.1, 0.15) is 24.6 Å². The van der Waals surface area contributed by atoms with Crippen molar-refractivity contribution in [1.29, 1.82) is 5.26 Å². The first-order valence-corrected chi connectivity index (χ1v) is 17.2. The lowest BCUT2D eigenvalue weighted by Gasteiger charge is -2.46. The molecule has 0 spiro atoms. The minimum Gasteiger partial charge on any atom is -0.333 e. The molecule has 2 aliphatic rings. The molecular formula is C41H36FN7O4. The van der Waals surface area contributed by atoms with Crippen LogP contribution in [0.3, 0.4) is 0 Å². The Labute approximate surface area is 305 Å². The van der Waals surface area contributed by atoms with Crippen LogP contribution in [-0.4, -0.2) is 75.4 Å². The van der Waals surface area contributed by atoms with Gasteiger partial charge in [-0.3, -0.25) is 14.4 Å². The summed E-state index contributed by atoms with van der Waals surface area (Å²) in [4.78, 5) is 57.8. The number of anilines is 1. The highest BCUT2D eigenvalue weighted by Crippen LogP contribution is 2.31. The second-order valence-corrected chi connectivity index (χ2v) is 13.0. The second kappa shape index (κ2) is 15.3. The Morgan fingerprint density at radius 1 is 0.849 bits per heavy atom. The molecule has 5 aromatic rings. The maximum Gasteiger partial charge on any atom is 0.333 e. The van der Waals surface area contributed by atoms with Gasteiger partial charge in [0.2, 0.25) is 11.8 Å². The topological polar surface area (TPSA) is 129 Å². The third kappa shape index (κ3) is 7.56. The number of piperazine rings is 1. The summed E-state index contributed by atoms with van der Waals surface area (Å²) in [7, 11) is 0. The van der Waals surface area contributed by atoms with Gasteiger partial charge in [-0.25, -0.2) is 14.2 Å². The van der Waals surface area contributed by atoms with Crippen LogP contribution in [0.25, 0.3) is 10.8 Å². The van der Waals surface area contributed by atoms with E-state index in [-0.39, 0.29) is 56.9 Å². The Bertz CT molecular complexity index is 2190. The van der Waals surface area contributed by atoms with E-state index in [1.54, 1.807) is 58.4 Å². The quantitative estimate of drug-likeness (QED) is 0.189. The van der Waals surface area contributed by atoms with Crippen LogP contribution in [0.2, 0.25) is 0 Å². The highest BCUT2D eigenvalue weighted by atomic mass is 19.1. The second-order valence-electron chi connectivity index (χ2n) is 13.0. The van der Waals surface area contributed by atoms with Crippen LogP contribution in [0, 0.1) is 17.1 Å². The summed E-state index contributed by atoms with van der Waals surface area (Å²) in [5.41, 5.74) is 3.46. The van der Waals surface area contributed by atoms with Crippen LogP contribution in [0.15, 0.2) is 121 Å². The van der Waals surface area contributed by atoms with E-state index >= 15 is 0 Å². The molecule has 11 nitrogen and oxygen atoms in total. The average Bonchev–Trinajstić information content (AvgIpc) is 3.50. The van der Waals surface area contributed by atoms with E-state index in [2.05, 4.69) is 10.6 Å². The highest BCUT2D eigenvalue weighted by molar-refractivity contribution is 6.04. The molecule has 0 bridgehead atoms. The number of hydrogen-bond acceptors (Lipinski definition) is 6. The van der Waals surface area contributed by atoms with Gasteiger partial charge in [0.05, 0.1) is 19.2 Å². The van der Waals surface area contributed by atoms with E-state index in [4.69, 9.17) is 0 Å². The number of nitrogens with zero attached hydrogens (tertiary/aromatic N) is 5. The maximum absolute atomic E-state index is 14.4. The monoisotopic (exact) mass is 709 g/mol. The number of amides is 5. The molecule has 2 heterocycles. The number of fused-ring (bicyclic) bond motifs is 2. The zero-order valence-corrected chi connectivity index (χ0v) is 28.7. The first-order chi connectivity index (χ1) is 25.8. The zero-order chi connectivity index (χ0) is 36.9. The summed E-state index contributed by atoms with van der Waals surface area (Å²) in [5.74, 6) is -1.24. The molecule has 2 fully saturated rings. The molecule has 266 valence electrons. The summed E-state index contributed by atoms with van der Waals surface area (Å²) in [6.07, 6.45) is -0.558. The molecule has 0 aliphatic carbocycles. The lowest BCUT2D eigenvalue weighted by atomic mass is 9.98. The lowest BCUT2D eigenvalue weighted by molar-refractivity contribution is -0.157. The number of halogens is 1. The molecule has 0 radical (unpaired) electrons. The molecule has 53 heavy (non-hydrogen) atoms. The van der Waals surface area contributed by atoms with Gasteiger partial charge < -0.3 is 20.4 Å². The zero-order valence-electron chi connectivity index (χ0n) is 28.7. The summed E-state index contributed by atoms with van der Waals surface area (Å²) in [5, 5.41) is 20.2. The Morgan fingerprint density at radius 2 is 1.55 bits per heavy atom. The predicted molar refractivity (Wildman–Crippen MR) is 196 cm³/mol. The molecule has 7 rings (SSSR count). The number of urea groups is 1. The van der Waals surface area contributed by atoms with Crippen molar-refractivity contribution < 1.29 is 23.6 Å². The first-order valence-electron chi connectivity index (χ1n) is 17.2. The Kier molecular flexibility index (Phi) is 10.1. The van der Waals surface area contributed by atoms with E-state index in [9.17, 15) is 28.8 Å². The summed E-state index contributed by atoms with van der Waals surface area (Å²) in [6.45, 7) is -0.116. The minimum absolute atomic E-state index is 0.0767. The Morgan fingerprint density at radius 3 is 2.30 bits per heavy atom. The molecule has 2 saturated heterocycles. The normalized spacial score (nSPS) is 17.0. The van der Waals surface area contributed by atoms with Crippen LogP contribution < -0.4 is 10.6 Å². The third-order valence-corrected chi connectivity index (χ3v) is 9.61. The molecule has 5 amide bonds. The summed E-state index contributed by atoms with van der Waals surface area (Å²) < 4.78 is 13.5. The van der Waals surface area contributed by atoms with Gasteiger partial charge in [-0.15, -0.1) is 0 Å². The third-order valence-electron chi connectivity index (χ3n) is 9.61. The van der Waals surface area contributed by atoms with E-state index < -0.39 is 24.1 Å². The van der Waals surface area contributed by atoms with Gasteiger partial charge in [0.15, 0.2) is 0 Å². The largest absolute Gasteiger partial charge is 0.333 e. The standard InChI is InChI=1S/C41H36FN7O4/c42-33-17-13-29(14-18-33)24-44-41(53)47(22-21-43)48-27-38(50)49-36(23-28-15-19-34(20-16-28)45-39(51)31-8-2-1-3-9-31)40(52)46(26-37(48)49)25-32-11-6-10-30-7-4-5-12-35(30)32/h1-20,36-37H,22-27H2,(H,44,53)(H,45,51)/t36-,37+/m0/s1. The fraction of sp³-hybridized carbons (Fsp3) is 0.195. The van der Waals surface area contributed by atoms with Gasteiger partial charge >= 0.3 is 6.03 Å². The van der Waals surface area contributed by atoms with Crippen molar-refractivity contribution in [3.63, 3.8) is 0 Å². The fourth-order valence-electron chi connectivity index (χ4n) is 6.98. The first kappa shape index (κ1) is 34.9. The number of carbonyl (C=O) groups is 4. The molecule has 2 aliphatic heterocycles. The maximum atomic E-state index is 14.4. The van der Waals surface area contributed by atoms with Crippen molar-refractivity contribution in [2.45, 2.75) is 31.7 Å². The van der Waals surface area contributed by atoms with E-state index in [0.29, 0.717) is 16.8 Å². The van der Waals surface area contributed by atoms with Crippen molar-refractivity contribution in [2.75, 3.05) is 25.0 Å². The lowest BCUT2D eigenvalue weighted by Crippen LogP contribution is -2.66.